The maximum Gasteiger partial charge on any atom is 0.154 e. The number of piperidine rings is 1. The minimum Gasteiger partial charge on any atom is -0.378 e. The summed E-state index contributed by atoms with van der Waals surface area (Å²) >= 11 is 6.61. The van der Waals surface area contributed by atoms with Gasteiger partial charge in [-0.05, 0) is 49.7 Å². The fourth-order valence-corrected chi connectivity index (χ4v) is 5.23. The van der Waals surface area contributed by atoms with Gasteiger partial charge in [0.05, 0.1) is 17.7 Å². The van der Waals surface area contributed by atoms with Gasteiger partial charge in [-0.2, -0.15) is 0 Å². The Morgan fingerprint density at radius 3 is 2.79 bits per heavy atom. The molecule has 1 atom stereocenters. The lowest BCUT2D eigenvalue weighted by molar-refractivity contribution is 0.0976. The second-order valence-electron chi connectivity index (χ2n) is 8.59. The number of halogens is 1. The van der Waals surface area contributed by atoms with Crippen LogP contribution in [0.1, 0.15) is 37.3 Å². The molecule has 3 aliphatic rings. The van der Waals surface area contributed by atoms with Gasteiger partial charge in [0, 0.05) is 43.0 Å². The standard InChI is InChI=1S/C23H26ClN3O/c1-15-4-3-5-17(20(15)24)19-13-26-22(21-18(19)6-9-25-21)27-10-7-23(8-11-27)12-16(2)28-14-23/h3-5,9,13,16H,6-8,10-12,14H2,1-2H3/t16-/m0/s1. The van der Waals surface area contributed by atoms with Crippen molar-refractivity contribution < 1.29 is 4.74 Å². The first-order valence-electron chi connectivity index (χ1n) is 10.2. The van der Waals surface area contributed by atoms with Crippen LogP contribution in [0.25, 0.3) is 11.1 Å². The minimum absolute atomic E-state index is 0.372. The highest BCUT2D eigenvalue weighted by molar-refractivity contribution is 6.34. The molecule has 1 spiro atoms. The molecule has 2 saturated heterocycles. The number of pyridine rings is 1. The van der Waals surface area contributed by atoms with E-state index in [4.69, 9.17) is 26.3 Å². The van der Waals surface area contributed by atoms with Crippen LogP contribution in [0.2, 0.25) is 5.02 Å². The molecule has 4 nitrogen and oxygen atoms in total. The number of rotatable bonds is 2. The van der Waals surface area contributed by atoms with Gasteiger partial charge in [0.1, 0.15) is 5.69 Å². The monoisotopic (exact) mass is 395 g/mol. The third-order valence-corrected chi connectivity index (χ3v) is 7.16. The van der Waals surface area contributed by atoms with E-state index >= 15 is 0 Å². The summed E-state index contributed by atoms with van der Waals surface area (Å²) in [5.74, 6) is 1.03. The van der Waals surface area contributed by atoms with E-state index in [1.54, 1.807) is 0 Å². The highest BCUT2D eigenvalue weighted by Crippen LogP contribution is 2.46. The van der Waals surface area contributed by atoms with Crippen molar-refractivity contribution in [3.05, 3.63) is 40.5 Å². The third kappa shape index (κ3) is 2.94. The first-order valence-corrected chi connectivity index (χ1v) is 10.6. The summed E-state index contributed by atoms with van der Waals surface area (Å²) < 4.78 is 5.88. The summed E-state index contributed by atoms with van der Waals surface area (Å²) in [5, 5.41) is 0.807. The van der Waals surface area contributed by atoms with E-state index in [9.17, 15) is 0 Å². The minimum atomic E-state index is 0.372. The number of fused-ring (bicyclic) bond motifs is 1. The Hall–Kier alpha value is -1.91. The van der Waals surface area contributed by atoms with Gasteiger partial charge >= 0.3 is 0 Å². The average molecular weight is 396 g/mol. The molecular formula is C23H26ClN3O. The van der Waals surface area contributed by atoms with E-state index < -0.39 is 0 Å². The lowest BCUT2D eigenvalue weighted by Crippen LogP contribution is -2.41. The number of hydrogen-bond donors (Lipinski definition) is 0. The number of aromatic nitrogens is 1. The lowest BCUT2D eigenvalue weighted by Gasteiger charge is -2.39. The Bertz CT molecular complexity index is 947. The molecule has 146 valence electrons. The van der Waals surface area contributed by atoms with Gasteiger partial charge in [-0.3, -0.25) is 4.99 Å². The van der Waals surface area contributed by atoms with Crippen LogP contribution in [-0.4, -0.2) is 37.0 Å². The van der Waals surface area contributed by atoms with Crippen LogP contribution in [0.3, 0.4) is 0 Å². The molecule has 28 heavy (non-hydrogen) atoms. The Morgan fingerprint density at radius 1 is 1.21 bits per heavy atom. The maximum atomic E-state index is 6.61. The van der Waals surface area contributed by atoms with E-state index in [2.05, 4.69) is 24.0 Å². The van der Waals surface area contributed by atoms with E-state index in [1.165, 1.54) is 24.8 Å². The number of ether oxygens (including phenoxy) is 1. The van der Waals surface area contributed by atoms with Crippen molar-refractivity contribution in [3.63, 3.8) is 0 Å². The molecule has 0 bridgehead atoms. The molecule has 0 unspecified atom stereocenters. The zero-order valence-corrected chi connectivity index (χ0v) is 17.3. The predicted octanol–water partition coefficient (Wildman–Crippen LogP) is 5.36. The van der Waals surface area contributed by atoms with Gasteiger partial charge in [0.25, 0.3) is 0 Å². The second kappa shape index (κ2) is 6.85. The van der Waals surface area contributed by atoms with Crippen LogP contribution >= 0.6 is 11.6 Å². The third-order valence-electron chi connectivity index (χ3n) is 6.65. The summed E-state index contributed by atoms with van der Waals surface area (Å²) in [6.07, 6.45) is 8.77. The number of benzene rings is 1. The van der Waals surface area contributed by atoms with Crippen LogP contribution in [-0.2, 0) is 11.2 Å². The molecule has 0 radical (unpaired) electrons. The summed E-state index contributed by atoms with van der Waals surface area (Å²) in [6.45, 7) is 7.20. The van der Waals surface area contributed by atoms with Crippen molar-refractivity contribution >= 4 is 29.3 Å². The van der Waals surface area contributed by atoms with Gasteiger partial charge in [-0.15, -0.1) is 0 Å². The number of hydrogen-bond acceptors (Lipinski definition) is 4. The first kappa shape index (κ1) is 18.1. The van der Waals surface area contributed by atoms with Gasteiger partial charge in [0.15, 0.2) is 5.82 Å². The zero-order valence-electron chi connectivity index (χ0n) is 16.5. The molecule has 1 aromatic carbocycles. The molecule has 0 N–H and O–H groups in total. The number of nitrogens with zero attached hydrogens (tertiary/aromatic N) is 3. The molecule has 5 rings (SSSR count). The molecule has 0 saturated carbocycles. The molecule has 3 aliphatic heterocycles. The molecule has 0 amide bonds. The molecular weight excluding hydrogens is 370 g/mol. The van der Waals surface area contributed by atoms with Crippen LogP contribution in [0.15, 0.2) is 29.4 Å². The number of aryl methyl sites for hydroxylation is 1. The first-order chi connectivity index (χ1) is 13.6. The molecule has 5 heteroatoms. The predicted molar refractivity (Wildman–Crippen MR) is 115 cm³/mol. The van der Waals surface area contributed by atoms with Crippen LogP contribution in [0, 0.1) is 12.3 Å². The second-order valence-corrected chi connectivity index (χ2v) is 8.97. The summed E-state index contributed by atoms with van der Waals surface area (Å²) in [5.41, 5.74) is 5.90. The van der Waals surface area contributed by atoms with Gasteiger partial charge in [-0.1, -0.05) is 29.8 Å². The Balaban J connectivity index is 1.46. The summed E-state index contributed by atoms with van der Waals surface area (Å²) in [6, 6.07) is 6.18. The SMILES string of the molecule is Cc1cccc(-c2cnc(N3CCC4(CC3)CO[C@@H](C)C4)c3c2CC=N3)c1Cl. The fraction of sp³-hybridized carbons (Fsp3) is 0.478. The van der Waals surface area contributed by atoms with Crippen molar-refractivity contribution in [2.75, 3.05) is 24.6 Å². The van der Waals surface area contributed by atoms with Gasteiger partial charge in [0.2, 0.25) is 0 Å². The molecule has 2 fully saturated rings. The molecule has 1 aromatic heterocycles. The fourth-order valence-electron chi connectivity index (χ4n) is 5.00. The largest absolute Gasteiger partial charge is 0.378 e. The van der Waals surface area contributed by atoms with Crippen LogP contribution in [0.5, 0.6) is 0 Å². The Morgan fingerprint density at radius 2 is 2.04 bits per heavy atom. The van der Waals surface area contributed by atoms with E-state index in [0.29, 0.717) is 11.5 Å². The van der Waals surface area contributed by atoms with E-state index in [1.807, 2.05) is 25.4 Å². The summed E-state index contributed by atoms with van der Waals surface area (Å²) in [7, 11) is 0. The number of aliphatic imine (C=N–C) groups is 1. The Labute approximate surface area is 171 Å². The zero-order chi connectivity index (χ0) is 19.3. The summed E-state index contributed by atoms with van der Waals surface area (Å²) in [4.78, 5) is 12.0. The smallest absolute Gasteiger partial charge is 0.154 e. The van der Waals surface area contributed by atoms with Crippen LogP contribution in [0.4, 0.5) is 11.5 Å². The van der Waals surface area contributed by atoms with Crippen molar-refractivity contribution in [3.8, 4) is 11.1 Å². The van der Waals surface area contributed by atoms with E-state index in [-0.39, 0.29) is 0 Å². The quantitative estimate of drug-likeness (QED) is 0.686. The highest BCUT2D eigenvalue weighted by Gasteiger charge is 2.41. The van der Waals surface area contributed by atoms with Crippen LogP contribution < -0.4 is 4.90 Å². The van der Waals surface area contributed by atoms with Gasteiger partial charge in [-0.25, -0.2) is 4.98 Å². The lowest BCUT2D eigenvalue weighted by atomic mass is 9.77. The van der Waals surface area contributed by atoms with E-state index in [0.717, 1.165) is 59.3 Å². The molecule has 0 aliphatic carbocycles. The highest BCUT2D eigenvalue weighted by atomic mass is 35.5. The maximum absolute atomic E-state index is 6.61. The van der Waals surface area contributed by atoms with Crippen molar-refractivity contribution in [2.45, 2.75) is 45.6 Å². The number of anilines is 1. The van der Waals surface area contributed by atoms with Crippen molar-refractivity contribution in [1.82, 2.24) is 4.98 Å². The van der Waals surface area contributed by atoms with Crippen molar-refractivity contribution in [1.29, 1.82) is 0 Å². The molecule has 2 aromatic rings. The molecule has 4 heterocycles. The van der Waals surface area contributed by atoms with Crippen molar-refractivity contribution in [2.24, 2.45) is 10.4 Å². The Kier molecular flexibility index (Phi) is 4.44. The normalized spacial score (nSPS) is 22.8. The topological polar surface area (TPSA) is 37.7 Å². The average Bonchev–Trinajstić information content (AvgIpc) is 3.32. The van der Waals surface area contributed by atoms with Gasteiger partial charge < -0.3 is 9.64 Å².